The fourth-order valence-electron chi connectivity index (χ4n) is 3.55. The van der Waals surface area contributed by atoms with E-state index in [4.69, 9.17) is 4.74 Å². The summed E-state index contributed by atoms with van der Waals surface area (Å²) in [6.45, 7) is 4.89. The number of benzene rings is 1. The fourth-order valence-corrected chi connectivity index (χ4v) is 3.55. The SMILES string of the molecule is Cc1nc(-c2nccc(Nc3ccnc(Nc4ccc(N5CCOCC5)cc4)n3)n2)ccc1F. The van der Waals surface area contributed by atoms with Gasteiger partial charge in [-0.05, 0) is 55.5 Å². The summed E-state index contributed by atoms with van der Waals surface area (Å²) >= 11 is 0. The van der Waals surface area contributed by atoms with Gasteiger partial charge < -0.3 is 20.3 Å². The first-order valence-electron chi connectivity index (χ1n) is 10.9. The van der Waals surface area contributed by atoms with Gasteiger partial charge in [0.1, 0.15) is 23.1 Å². The third kappa shape index (κ3) is 5.07. The first-order valence-corrected chi connectivity index (χ1v) is 10.9. The Balaban J connectivity index is 1.28. The molecule has 1 saturated heterocycles. The van der Waals surface area contributed by atoms with Crippen molar-refractivity contribution in [1.82, 2.24) is 24.9 Å². The van der Waals surface area contributed by atoms with Gasteiger partial charge in [-0.3, -0.25) is 0 Å². The Morgan fingerprint density at radius 2 is 1.56 bits per heavy atom. The average Bonchev–Trinajstić information content (AvgIpc) is 2.87. The molecule has 0 saturated carbocycles. The maximum atomic E-state index is 13.5. The number of aromatic nitrogens is 5. The predicted molar refractivity (Wildman–Crippen MR) is 128 cm³/mol. The first kappa shape index (κ1) is 21.7. The Morgan fingerprint density at radius 1 is 0.824 bits per heavy atom. The van der Waals surface area contributed by atoms with Crippen LogP contribution >= 0.6 is 0 Å². The molecule has 0 spiro atoms. The summed E-state index contributed by atoms with van der Waals surface area (Å²) < 4.78 is 19.0. The molecule has 4 heterocycles. The molecule has 2 N–H and O–H groups in total. The van der Waals surface area contributed by atoms with E-state index in [2.05, 4.69) is 52.6 Å². The molecule has 0 amide bonds. The Morgan fingerprint density at radius 3 is 2.32 bits per heavy atom. The van der Waals surface area contributed by atoms with Gasteiger partial charge >= 0.3 is 0 Å². The average molecular weight is 459 g/mol. The molecule has 9 nitrogen and oxygen atoms in total. The van der Waals surface area contributed by atoms with Crippen LogP contribution in [0.3, 0.4) is 0 Å². The van der Waals surface area contributed by atoms with Crippen molar-refractivity contribution in [2.75, 3.05) is 41.8 Å². The highest BCUT2D eigenvalue weighted by molar-refractivity contribution is 5.61. The van der Waals surface area contributed by atoms with Crippen molar-refractivity contribution in [2.24, 2.45) is 0 Å². The highest BCUT2D eigenvalue weighted by atomic mass is 19.1. The standard InChI is InChI=1S/C24H23FN8O/c1-16-19(25)6-7-20(28-16)23-26-10-8-21(31-23)30-22-9-11-27-24(32-22)29-17-2-4-18(5-3-17)33-12-14-34-15-13-33/h2-11H,12-15H2,1H3,(H2,26,27,29,30,31,32). The minimum absolute atomic E-state index is 0.295. The van der Waals surface area contributed by atoms with Crippen LogP contribution in [0, 0.1) is 12.7 Å². The van der Waals surface area contributed by atoms with Gasteiger partial charge in [-0.2, -0.15) is 4.98 Å². The molecule has 34 heavy (non-hydrogen) atoms. The monoisotopic (exact) mass is 458 g/mol. The number of ether oxygens (including phenoxy) is 1. The molecular weight excluding hydrogens is 435 g/mol. The lowest BCUT2D eigenvalue weighted by Gasteiger charge is -2.28. The number of morpholine rings is 1. The van der Waals surface area contributed by atoms with Crippen LogP contribution in [-0.4, -0.2) is 51.2 Å². The van der Waals surface area contributed by atoms with Crippen molar-refractivity contribution in [3.63, 3.8) is 0 Å². The smallest absolute Gasteiger partial charge is 0.229 e. The number of nitrogens with one attached hydrogen (secondary N) is 2. The topological polar surface area (TPSA) is 101 Å². The maximum Gasteiger partial charge on any atom is 0.229 e. The molecule has 5 rings (SSSR count). The Bertz CT molecular complexity index is 1280. The molecule has 0 bridgehead atoms. The number of rotatable bonds is 6. The van der Waals surface area contributed by atoms with Crippen LogP contribution in [0.25, 0.3) is 11.5 Å². The normalized spacial score (nSPS) is 13.5. The molecule has 0 unspecified atom stereocenters. The van der Waals surface area contributed by atoms with Crippen LogP contribution in [0.1, 0.15) is 5.69 Å². The second-order valence-corrected chi connectivity index (χ2v) is 7.69. The summed E-state index contributed by atoms with van der Waals surface area (Å²) in [5.41, 5.74) is 2.84. The van der Waals surface area contributed by atoms with Gasteiger partial charge in [-0.1, -0.05) is 0 Å². The molecule has 1 aromatic carbocycles. The van der Waals surface area contributed by atoms with Crippen LogP contribution in [-0.2, 0) is 4.74 Å². The number of hydrogen-bond donors (Lipinski definition) is 2. The molecule has 1 aliphatic heterocycles. The molecule has 0 radical (unpaired) electrons. The molecule has 0 aliphatic carbocycles. The minimum atomic E-state index is -0.366. The lowest BCUT2D eigenvalue weighted by molar-refractivity contribution is 0.122. The summed E-state index contributed by atoms with van der Waals surface area (Å²) in [7, 11) is 0. The van der Waals surface area contributed by atoms with Crippen molar-refractivity contribution in [3.8, 4) is 11.5 Å². The molecule has 3 aromatic heterocycles. The molecule has 1 aliphatic rings. The maximum absolute atomic E-state index is 13.5. The molecule has 172 valence electrons. The van der Waals surface area contributed by atoms with Gasteiger partial charge in [-0.25, -0.2) is 24.3 Å². The van der Waals surface area contributed by atoms with E-state index >= 15 is 0 Å². The van der Waals surface area contributed by atoms with Gasteiger partial charge in [0.15, 0.2) is 5.82 Å². The highest BCUT2D eigenvalue weighted by Crippen LogP contribution is 2.22. The summed E-state index contributed by atoms with van der Waals surface area (Å²) in [5.74, 6) is 1.58. The van der Waals surface area contributed by atoms with Crippen molar-refractivity contribution in [1.29, 1.82) is 0 Å². The third-order valence-corrected chi connectivity index (χ3v) is 5.32. The molecule has 10 heteroatoms. The summed E-state index contributed by atoms with van der Waals surface area (Å²) in [5, 5.41) is 6.38. The van der Waals surface area contributed by atoms with E-state index in [0.29, 0.717) is 34.8 Å². The predicted octanol–water partition coefficient (Wildman–Crippen LogP) is 4.10. The number of hydrogen-bond acceptors (Lipinski definition) is 9. The van der Waals surface area contributed by atoms with Gasteiger partial charge in [0.05, 0.1) is 18.9 Å². The number of pyridine rings is 1. The number of nitrogens with zero attached hydrogens (tertiary/aromatic N) is 6. The first-order chi connectivity index (χ1) is 16.6. The van der Waals surface area contributed by atoms with E-state index in [1.165, 1.54) is 6.07 Å². The summed E-state index contributed by atoms with van der Waals surface area (Å²) in [4.78, 5) is 24.1. The van der Waals surface area contributed by atoms with Crippen LogP contribution in [0.5, 0.6) is 0 Å². The van der Waals surface area contributed by atoms with E-state index < -0.39 is 0 Å². The second-order valence-electron chi connectivity index (χ2n) is 7.69. The van der Waals surface area contributed by atoms with Crippen molar-refractivity contribution in [2.45, 2.75) is 6.92 Å². The van der Waals surface area contributed by atoms with Gasteiger partial charge in [-0.15, -0.1) is 0 Å². The third-order valence-electron chi connectivity index (χ3n) is 5.32. The molecule has 1 fully saturated rings. The van der Waals surface area contributed by atoms with Gasteiger partial charge in [0, 0.05) is 36.9 Å². The zero-order valence-corrected chi connectivity index (χ0v) is 18.6. The number of halogens is 1. The molecule has 0 atom stereocenters. The zero-order valence-electron chi connectivity index (χ0n) is 18.6. The van der Waals surface area contributed by atoms with Crippen LogP contribution in [0.15, 0.2) is 60.9 Å². The number of aryl methyl sites for hydroxylation is 1. The lowest BCUT2D eigenvalue weighted by Crippen LogP contribution is -2.36. The van der Waals surface area contributed by atoms with Crippen LogP contribution in [0.4, 0.5) is 33.3 Å². The Kier molecular flexibility index (Phi) is 6.21. The summed E-state index contributed by atoms with van der Waals surface area (Å²) in [6.07, 6.45) is 3.27. The van der Waals surface area contributed by atoms with E-state index in [1.54, 1.807) is 37.5 Å². The van der Waals surface area contributed by atoms with E-state index in [0.717, 1.165) is 37.7 Å². The van der Waals surface area contributed by atoms with Gasteiger partial charge in [0.25, 0.3) is 0 Å². The molecular formula is C24H23FN8O. The number of anilines is 5. The van der Waals surface area contributed by atoms with E-state index in [-0.39, 0.29) is 5.82 Å². The van der Waals surface area contributed by atoms with Crippen molar-refractivity contribution >= 4 is 29.0 Å². The minimum Gasteiger partial charge on any atom is -0.378 e. The highest BCUT2D eigenvalue weighted by Gasteiger charge is 2.11. The van der Waals surface area contributed by atoms with E-state index in [9.17, 15) is 4.39 Å². The van der Waals surface area contributed by atoms with Crippen molar-refractivity contribution in [3.05, 3.63) is 72.4 Å². The largest absolute Gasteiger partial charge is 0.378 e. The van der Waals surface area contributed by atoms with Crippen LogP contribution < -0.4 is 15.5 Å². The quantitative estimate of drug-likeness (QED) is 0.442. The van der Waals surface area contributed by atoms with Gasteiger partial charge in [0.2, 0.25) is 5.95 Å². The van der Waals surface area contributed by atoms with E-state index in [1.807, 2.05) is 12.1 Å². The van der Waals surface area contributed by atoms with Crippen molar-refractivity contribution < 1.29 is 9.13 Å². The second kappa shape index (κ2) is 9.75. The molecule has 4 aromatic rings. The Labute approximate surface area is 196 Å². The lowest BCUT2D eigenvalue weighted by atomic mass is 10.2. The Hall–Kier alpha value is -4.18. The fraction of sp³-hybridized carbons (Fsp3) is 0.208. The van der Waals surface area contributed by atoms with Crippen LogP contribution in [0.2, 0.25) is 0 Å². The summed E-state index contributed by atoms with van der Waals surface area (Å²) in [6, 6.07) is 14.5. The zero-order chi connectivity index (χ0) is 23.3.